The molecule has 0 saturated heterocycles. The fraction of sp³-hybridized carbons (Fsp3) is 0.581. The predicted octanol–water partition coefficient (Wildman–Crippen LogP) is 7.81. The van der Waals surface area contributed by atoms with Crippen LogP contribution in [0.2, 0.25) is 0 Å². The number of ether oxygens (including phenoxy) is 1. The second-order valence-corrected chi connectivity index (χ2v) is 13.3. The molecule has 0 spiro atoms. The first-order chi connectivity index (χ1) is 19.2. The second-order valence-electron chi connectivity index (χ2n) is 12.2. The van der Waals surface area contributed by atoms with E-state index in [1.807, 2.05) is 20.8 Å². The number of amides is 1. The van der Waals surface area contributed by atoms with E-state index < -0.39 is 17.7 Å². The summed E-state index contributed by atoms with van der Waals surface area (Å²) >= 11 is 1.09. The minimum atomic E-state index is -4.47. The van der Waals surface area contributed by atoms with Crippen LogP contribution in [0.15, 0.2) is 24.4 Å². The number of carboxylic acids is 1. The first kappa shape index (κ1) is 30.9. The maximum Gasteiger partial charge on any atom is 0.417 e. The molecule has 4 rings (SSSR count). The summed E-state index contributed by atoms with van der Waals surface area (Å²) < 4.78 is 44.5. The van der Waals surface area contributed by atoms with Gasteiger partial charge in [0.25, 0.3) is 0 Å². The minimum Gasteiger partial charge on any atom is -0.477 e. The van der Waals surface area contributed by atoms with E-state index in [4.69, 9.17) is 4.74 Å². The van der Waals surface area contributed by atoms with Crippen molar-refractivity contribution in [3.63, 3.8) is 0 Å². The molecule has 2 aromatic rings. The van der Waals surface area contributed by atoms with Crippen molar-refractivity contribution in [2.45, 2.75) is 97.4 Å². The zero-order valence-corrected chi connectivity index (χ0v) is 24.7. The standard InChI is InChI=1S/C31H37F3N2O4S/c1-19-5-7-20(8-6-19)28(37)36(25-17-24(15-16-30(2,3)4)41-27(25)29(38)39)22-10-12-23(13-11-22)40-26-14-9-21(18-35-26)31(32,33)34/h9,14,17-20,22-23H,5-8,10-13H2,1-4H3,(H,38,39)/t19?,20?,22-,23-. The molecule has 2 aromatic heterocycles. The summed E-state index contributed by atoms with van der Waals surface area (Å²) in [4.78, 5) is 32.6. The van der Waals surface area contributed by atoms with E-state index in [0.29, 0.717) is 42.2 Å². The lowest BCUT2D eigenvalue weighted by molar-refractivity contribution is -0.137. The van der Waals surface area contributed by atoms with Gasteiger partial charge in [0.2, 0.25) is 11.8 Å². The molecule has 222 valence electrons. The molecular formula is C31H37F3N2O4S. The van der Waals surface area contributed by atoms with Crippen molar-refractivity contribution >= 4 is 28.9 Å². The molecule has 2 fully saturated rings. The molecule has 2 aliphatic rings. The summed E-state index contributed by atoms with van der Waals surface area (Å²) in [7, 11) is 0. The molecule has 6 nitrogen and oxygen atoms in total. The Balaban J connectivity index is 1.56. The van der Waals surface area contributed by atoms with E-state index in [1.165, 1.54) is 6.07 Å². The molecule has 0 bridgehead atoms. The number of aromatic nitrogens is 1. The smallest absolute Gasteiger partial charge is 0.417 e. The molecule has 0 aliphatic heterocycles. The van der Waals surface area contributed by atoms with Crippen LogP contribution in [0.3, 0.4) is 0 Å². The first-order valence-electron chi connectivity index (χ1n) is 14.1. The lowest BCUT2D eigenvalue weighted by Crippen LogP contribution is -2.47. The van der Waals surface area contributed by atoms with Crippen LogP contribution < -0.4 is 9.64 Å². The highest BCUT2D eigenvalue weighted by atomic mass is 32.1. The van der Waals surface area contributed by atoms with Crippen molar-refractivity contribution in [3.8, 4) is 17.7 Å². The van der Waals surface area contributed by atoms with Crippen LogP contribution in [0, 0.1) is 29.1 Å². The van der Waals surface area contributed by atoms with Gasteiger partial charge in [0.15, 0.2) is 0 Å². The Morgan fingerprint density at radius 3 is 2.24 bits per heavy atom. The van der Waals surface area contributed by atoms with Crippen molar-refractivity contribution in [3.05, 3.63) is 39.7 Å². The number of thiophene rings is 1. The molecular weight excluding hydrogens is 553 g/mol. The van der Waals surface area contributed by atoms with E-state index in [0.717, 1.165) is 49.3 Å². The maximum atomic E-state index is 14.1. The predicted molar refractivity (Wildman–Crippen MR) is 152 cm³/mol. The number of carbonyl (C=O) groups excluding carboxylic acids is 1. The van der Waals surface area contributed by atoms with Gasteiger partial charge in [-0.25, -0.2) is 9.78 Å². The Hall–Kier alpha value is -3.06. The largest absolute Gasteiger partial charge is 0.477 e. The number of rotatable bonds is 6. The molecule has 1 N–H and O–H groups in total. The third kappa shape index (κ3) is 8.03. The van der Waals surface area contributed by atoms with Crippen molar-refractivity contribution in [2.75, 3.05) is 4.90 Å². The van der Waals surface area contributed by atoms with E-state index in [9.17, 15) is 27.9 Å². The number of anilines is 1. The Bertz CT molecular complexity index is 1290. The molecule has 2 heterocycles. The molecule has 10 heteroatoms. The van der Waals surface area contributed by atoms with Gasteiger partial charge in [-0.05, 0) is 90.2 Å². The number of hydrogen-bond acceptors (Lipinski definition) is 5. The van der Waals surface area contributed by atoms with Crippen molar-refractivity contribution in [2.24, 2.45) is 17.3 Å². The average Bonchev–Trinajstić information content (AvgIpc) is 3.33. The summed E-state index contributed by atoms with van der Waals surface area (Å²) in [6.07, 6.45) is 1.75. The van der Waals surface area contributed by atoms with E-state index >= 15 is 0 Å². The Labute approximate surface area is 243 Å². The molecule has 0 radical (unpaired) electrons. The highest BCUT2D eigenvalue weighted by Gasteiger charge is 2.38. The van der Waals surface area contributed by atoms with Crippen molar-refractivity contribution < 1.29 is 32.6 Å². The van der Waals surface area contributed by atoms with Crippen LogP contribution >= 0.6 is 11.3 Å². The van der Waals surface area contributed by atoms with Crippen molar-refractivity contribution in [1.82, 2.24) is 4.98 Å². The van der Waals surface area contributed by atoms with E-state index in [-0.39, 0.29) is 40.1 Å². The highest BCUT2D eigenvalue weighted by Crippen LogP contribution is 2.39. The molecule has 0 unspecified atom stereocenters. The number of nitrogens with zero attached hydrogens (tertiary/aromatic N) is 2. The van der Waals surface area contributed by atoms with Crippen LogP contribution in [0.5, 0.6) is 5.88 Å². The quantitative estimate of drug-likeness (QED) is 0.347. The summed E-state index contributed by atoms with van der Waals surface area (Å²) in [5.41, 5.74) is -0.697. The van der Waals surface area contributed by atoms with Gasteiger partial charge in [0.05, 0.1) is 16.1 Å². The van der Waals surface area contributed by atoms with E-state index in [2.05, 4.69) is 23.7 Å². The lowest BCUT2D eigenvalue weighted by Gasteiger charge is -2.39. The number of hydrogen-bond donors (Lipinski definition) is 1. The van der Waals surface area contributed by atoms with Gasteiger partial charge < -0.3 is 14.7 Å². The third-order valence-corrected chi connectivity index (χ3v) is 8.72. The second kappa shape index (κ2) is 12.4. The molecule has 2 aliphatic carbocycles. The zero-order chi connectivity index (χ0) is 29.9. The molecule has 2 saturated carbocycles. The summed E-state index contributed by atoms with van der Waals surface area (Å²) in [5.74, 6) is 5.65. The number of halogens is 3. The van der Waals surface area contributed by atoms with Crippen LogP contribution in [0.4, 0.5) is 18.9 Å². The molecule has 1 amide bonds. The number of alkyl halides is 3. The number of pyridine rings is 1. The van der Waals surface area contributed by atoms with Gasteiger partial charge >= 0.3 is 12.1 Å². The summed E-state index contributed by atoms with van der Waals surface area (Å²) in [6, 6.07) is 3.69. The van der Waals surface area contributed by atoms with Crippen LogP contribution in [0.25, 0.3) is 0 Å². The monoisotopic (exact) mass is 590 g/mol. The molecule has 0 aromatic carbocycles. The van der Waals surface area contributed by atoms with Crippen LogP contribution in [-0.4, -0.2) is 34.1 Å². The highest BCUT2D eigenvalue weighted by molar-refractivity contribution is 7.15. The summed E-state index contributed by atoms with van der Waals surface area (Å²) in [5, 5.41) is 10.1. The molecule has 41 heavy (non-hydrogen) atoms. The zero-order valence-electron chi connectivity index (χ0n) is 23.9. The Morgan fingerprint density at radius 1 is 1.05 bits per heavy atom. The Kier molecular flexibility index (Phi) is 9.37. The molecule has 0 atom stereocenters. The van der Waals surface area contributed by atoms with Crippen LogP contribution in [0.1, 0.15) is 99.2 Å². The number of aromatic carboxylic acids is 1. The Morgan fingerprint density at radius 2 is 1.71 bits per heavy atom. The van der Waals surface area contributed by atoms with Crippen molar-refractivity contribution in [1.29, 1.82) is 0 Å². The maximum absolute atomic E-state index is 14.1. The third-order valence-electron chi connectivity index (χ3n) is 7.69. The van der Waals surface area contributed by atoms with Crippen LogP contribution in [-0.2, 0) is 11.0 Å². The fourth-order valence-corrected chi connectivity index (χ4v) is 6.27. The minimum absolute atomic E-state index is 0.0405. The first-order valence-corrected chi connectivity index (χ1v) is 15.0. The number of carboxylic acid groups (broad SMARTS) is 1. The fourth-order valence-electron chi connectivity index (χ4n) is 5.43. The summed E-state index contributed by atoms with van der Waals surface area (Å²) in [6.45, 7) is 8.13. The normalized spacial score (nSPS) is 23.3. The average molecular weight is 591 g/mol. The van der Waals surface area contributed by atoms with E-state index in [1.54, 1.807) is 11.0 Å². The topological polar surface area (TPSA) is 79.7 Å². The lowest BCUT2D eigenvalue weighted by atomic mass is 9.81. The van der Waals surface area contributed by atoms with Gasteiger partial charge in [0, 0.05) is 29.6 Å². The van der Waals surface area contributed by atoms with Gasteiger partial charge in [-0.2, -0.15) is 13.2 Å². The van der Waals surface area contributed by atoms with Gasteiger partial charge in [-0.15, -0.1) is 11.3 Å². The SMILES string of the molecule is CC1CCC(C(=O)N(c2cc(C#CC(C)(C)C)sc2C(=O)O)[C@H]2CC[C@H](Oc3ccc(C(F)(F)F)cn3)CC2)CC1. The van der Waals surface area contributed by atoms with Gasteiger partial charge in [-0.1, -0.05) is 18.8 Å². The number of carbonyl (C=O) groups is 2. The van der Waals surface area contributed by atoms with Gasteiger partial charge in [0.1, 0.15) is 11.0 Å². The van der Waals surface area contributed by atoms with Gasteiger partial charge in [-0.3, -0.25) is 4.79 Å².